The molecule has 0 radical (unpaired) electrons. The van der Waals surface area contributed by atoms with Gasteiger partial charge in [0.15, 0.2) is 0 Å². The van der Waals surface area contributed by atoms with Crippen molar-refractivity contribution in [2.45, 2.75) is 44.4 Å². The zero-order valence-electron chi connectivity index (χ0n) is 14.5. The van der Waals surface area contributed by atoms with Crippen LogP contribution in [0.3, 0.4) is 0 Å². The van der Waals surface area contributed by atoms with Gasteiger partial charge in [0.2, 0.25) is 0 Å². The second-order valence-corrected chi connectivity index (χ2v) is 6.35. The highest BCUT2D eigenvalue weighted by Crippen LogP contribution is 2.28. The summed E-state index contributed by atoms with van der Waals surface area (Å²) in [7, 11) is 0. The molecule has 132 valence electrons. The first-order chi connectivity index (χ1) is 12.3. The summed E-state index contributed by atoms with van der Waals surface area (Å²) in [5.41, 5.74) is 2.24. The fraction of sp³-hybridized carbons (Fsp3) is 0.400. The standard InChI is InChI=1S/C20H25N3O2/c1-2-18(15-8-11-21-12-9-15)23-20(24)22-17-10-13-25-19(14-17)16-6-4-3-5-7-16/h3-9,11-12,17-19H,2,10,13-14H2,1H3,(H2,22,23,24)/t17-,18-,19+/m0/s1. The van der Waals surface area contributed by atoms with Crippen molar-refractivity contribution in [2.75, 3.05) is 6.61 Å². The molecule has 0 saturated carbocycles. The van der Waals surface area contributed by atoms with Gasteiger partial charge in [0.05, 0.1) is 12.1 Å². The molecule has 1 aliphatic rings. The third-order valence-corrected chi connectivity index (χ3v) is 4.61. The van der Waals surface area contributed by atoms with Crippen molar-refractivity contribution in [3.63, 3.8) is 0 Å². The highest BCUT2D eigenvalue weighted by atomic mass is 16.5. The second-order valence-electron chi connectivity index (χ2n) is 6.35. The molecule has 0 unspecified atom stereocenters. The molecule has 1 fully saturated rings. The van der Waals surface area contributed by atoms with Gasteiger partial charge in [-0.3, -0.25) is 4.98 Å². The van der Waals surface area contributed by atoms with Crippen molar-refractivity contribution in [1.82, 2.24) is 15.6 Å². The van der Waals surface area contributed by atoms with Crippen LogP contribution in [0.1, 0.15) is 49.5 Å². The first-order valence-corrected chi connectivity index (χ1v) is 8.89. The van der Waals surface area contributed by atoms with Gasteiger partial charge in [-0.1, -0.05) is 37.3 Å². The Hall–Kier alpha value is -2.40. The first-order valence-electron chi connectivity index (χ1n) is 8.89. The highest BCUT2D eigenvalue weighted by molar-refractivity contribution is 5.74. The van der Waals surface area contributed by atoms with Gasteiger partial charge in [0.25, 0.3) is 0 Å². The molecule has 25 heavy (non-hydrogen) atoms. The van der Waals surface area contributed by atoms with Gasteiger partial charge in [-0.2, -0.15) is 0 Å². The van der Waals surface area contributed by atoms with Gasteiger partial charge < -0.3 is 15.4 Å². The Balaban J connectivity index is 1.55. The zero-order valence-corrected chi connectivity index (χ0v) is 14.5. The molecule has 0 spiro atoms. The number of nitrogens with one attached hydrogen (secondary N) is 2. The van der Waals surface area contributed by atoms with Crippen molar-refractivity contribution in [2.24, 2.45) is 0 Å². The van der Waals surface area contributed by atoms with Crippen LogP contribution in [0, 0.1) is 0 Å². The second kappa shape index (κ2) is 8.62. The van der Waals surface area contributed by atoms with E-state index < -0.39 is 0 Å². The Morgan fingerprint density at radius 2 is 2.00 bits per heavy atom. The minimum Gasteiger partial charge on any atom is -0.373 e. The number of ether oxygens (including phenoxy) is 1. The zero-order chi connectivity index (χ0) is 17.5. The van der Waals surface area contributed by atoms with E-state index in [4.69, 9.17) is 4.74 Å². The SMILES string of the molecule is CC[C@H](NC(=O)N[C@H]1CCO[C@@H](c2ccccc2)C1)c1ccncc1. The number of hydrogen-bond donors (Lipinski definition) is 2. The summed E-state index contributed by atoms with van der Waals surface area (Å²) < 4.78 is 5.87. The van der Waals surface area contributed by atoms with Crippen LogP contribution in [0.15, 0.2) is 54.9 Å². The number of amides is 2. The van der Waals surface area contributed by atoms with Crippen LogP contribution < -0.4 is 10.6 Å². The normalized spacial score (nSPS) is 21.3. The lowest BCUT2D eigenvalue weighted by atomic mass is 9.97. The van der Waals surface area contributed by atoms with Crippen molar-refractivity contribution < 1.29 is 9.53 Å². The monoisotopic (exact) mass is 339 g/mol. The average molecular weight is 339 g/mol. The molecule has 1 aromatic heterocycles. The first kappa shape index (κ1) is 17.4. The van der Waals surface area contributed by atoms with E-state index in [0.29, 0.717) is 6.61 Å². The molecule has 5 heteroatoms. The molecule has 1 saturated heterocycles. The molecule has 2 amide bonds. The number of nitrogens with zero attached hydrogens (tertiary/aromatic N) is 1. The summed E-state index contributed by atoms with van der Waals surface area (Å²) in [5.74, 6) is 0. The van der Waals surface area contributed by atoms with Crippen LogP contribution in [-0.2, 0) is 4.74 Å². The van der Waals surface area contributed by atoms with Gasteiger partial charge in [-0.15, -0.1) is 0 Å². The topological polar surface area (TPSA) is 63.2 Å². The highest BCUT2D eigenvalue weighted by Gasteiger charge is 2.25. The van der Waals surface area contributed by atoms with Crippen molar-refractivity contribution in [1.29, 1.82) is 0 Å². The summed E-state index contributed by atoms with van der Waals surface area (Å²) in [4.78, 5) is 16.4. The molecular formula is C20H25N3O2. The smallest absolute Gasteiger partial charge is 0.315 e. The maximum atomic E-state index is 12.4. The molecule has 0 bridgehead atoms. The minimum atomic E-state index is -0.123. The van der Waals surface area contributed by atoms with Crippen molar-refractivity contribution in [3.8, 4) is 0 Å². The van der Waals surface area contributed by atoms with Crippen molar-refractivity contribution >= 4 is 6.03 Å². The Bertz CT molecular complexity index is 663. The molecule has 5 nitrogen and oxygen atoms in total. The summed E-state index contributed by atoms with van der Waals surface area (Å²) in [6.07, 6.45) is 6.01. The number of urea groups is 1. The van der Waals surface area contributed by atoms with E-state index >= 15 is 0 Å². The fourth-order valence-corrected chi connectivity index (χ4v) is 3.23. The van der Waals surface area contributed by atoms with Gasteiger partial charge in [0.1, 0.15) is 0 Å². The molecule has 2 N–H and O–H groups in total. The van der Waals surface area contributed by atoms with Gasteiger partial charge in [-0.25, -0.2) is 4.79 Å². The summed E-state index contributed by atoms with van der Waals surface area (Å²) in [6, 6.07) is 14.0. The van der Waals surface area contributed by atoms with E-state index in [9.17, 15) is 4.79 Å². The van der Waals surface area contributed by atoms with Gasteiger partial charge in [-0.05, 0) is 42.5 Å². The quantitative estimate of drug-likeness (QED) is 0.872. The third kappa shape index (κ3) is 4.79. The number of benzene rings is 1. The minimum absolute atomic E-state index is 0.00670. The molecule has 0 aliphatic carbocycles. The van der Waals surface area contributed by atoms with Gasteiger partial charge >= 0.3 is 6.03 Å². The van der Waals surface area contributed by atoms with Crippen LogP contribution in [0.25, 0.3) is 0 Å². The van der Waals surface area contributed by atoms with E-state index in [1.54, 1.807) is 12.4 Å². The molecule has 1 aromatic carbocycles. The molecule has 2 heterocycles. The largest absolute Gasteiger partial charge is 0.373 e. The molecule has 1 aliphatic heterocycles. The molecular weight excluding hydrogens is 314 g/mol. The summed E-state index contributed by atoms with van der Waals surface area (Å²) >= 11 is 0. The van der Waals surface area contributed by atoms with Crippen LogP contribution in [0.2, 0.25) is 0 Å². The fourth-order valence-electron chi connectivity index (χ4n) is 3.23. The number of carbonyl (C=O) groups is 1. The number of aromatic nitrogens is 1. The molecule has 3 rings (SSSR count). The van der Waals surface area contributed by atoms with E-state index in [1.807, 2.05) is 30.3 Å². The Labute approximate surface area is 148 Å². The molecule has 3 atom stereocenters. The third-order valence-electron chi connectivity index (χ3n) is 4.61. The lowest BCUT2D eigenvalue weighted by Crippen LogP contribution is -2.45. The lowest BCUT2D eigenvalue weighted by molar-refractivity contribution is 0.00221. The van der Waals surface area contributed by atoms with Crippen LogP contribution in [-0.4, -0.2) is 23.7 Å². The van der Waals surface area contributed by atoms with E-state index in [1.165, 1.54) is 0 Å². The number of rotatable bonds is 5. The maximum absolute atomic E-state index is 12.4. The van der Waals surface area contributed by atoms with Crippen LogP contribution >= 0.6 is 0 Å². The summed E-state index contributed by atoms with van der Waals surface area (Å²) in [6.45, 7) is 2.72. The number of carbonyl (C=O) groups excluding carboxylic acids is 1. The van der Waals surface area contributed by atoms with E-state index in [-0.39, 0.29) is 24.2 Å². The maximum Gasteiger partial charge on any atom is 0.315 e. The Morgan fingerprint density at radius 1 is 1.24 bits per heavy atom. The Kier molecular flexibility index (Phi) is 6.01. The van der Waals surface area contributed by atoms with E-state index in [2.05, 4.69) is 34.7 Å². The van der Waals surface area contributed by atoms with E-state index in [0.717, 1.165) is 30.4 Å². The predicted molar refractivity (Wildman–Crippen MR) is 97.1 cm³/mol. The van der Waals surface area contributed by atoms with Crippen LogP contribution in [0.4, 0.5) is 4.79 Å². The van der Waals surface area contributed by atoms with Crippen LogP contribution in [0.5, 0.6) is 0 Å². The Morgan fingerprint density at radius 3 is 2.72 bits per heavy atom. The number of pyridine rings is 1. The summed E-state index contributed by atoms with van der Waals surface area (Å²) in [5, 5.41) is 6.17. The predicted octanol–water partition coefficient (Wildman–Crippen LogP) is 3.75. The van der Waals surface area contributed by atoms with Crippen molar-refractivity contribution in [3.05, 3.63) is 66.0 Å². The lowest BCUT2D eigenvalue weighted by Gasteiger charge is -2.31. The van der Waals surface area contributed by atoms with Gasteiger partial charge in [0, 0.05) is 25.0 Å². The average Bonchev–Trinajstić information content (AvgIpc) is 2.68. The number of hydrogen-bond acceptors (Lipinski definition) is 3. The molecule has 2 aromatic rings.